The van der Waals surface area contributed by atoms with Crippen LogP contribution in [-0.2, 0) is 21.1 Å². The molecule has 0 N–H and O–H groups in total. The van der Waals surface area contributed by atoms with Crippen molar-refractivity contribution in [2.24, 2.45) is 0 Å². The SMILES string of the molecule is C[C](C)[Au]. The van der Waals surface area contributed by atoms with Gasteiger partial charge in [-0.3, -0.25) is 0 Å². The first kappa shape index (κ1) is 4.74. The first-order chi connectivity index (χ1) is 1.73. The molecular weight excluding hydrogens is 233 g/mol. The third-order valence-electron chi connectivity index (χ3n) is 0. The van der Waals surface area contributed by atoms with Crippen LogP contribution in [0.3, 0.4) is 0 Å². The Bertz CT molecular complexity index is 8.00. The molecule has 0 heterocycles. The first-order valence-corrected chi connectivity index (χ1v) is 2.23. The number of hydrogen-bond donors (Lipinski definition) is 0. The summed E-state index contributed by atoms with van der Waals surface area (Å²) in [7, 11) is 0. The Hall–Kier alpha value is 0.740. The van der Waals surface area contributed by atoms with Crippen molar-refractivity contribution in [1.29, 1.82) is 0 Å². The standard InChI is InChI=1S/C3H6.Au/c1-3-2;/h1-2H3;. The summed E-state index contributed by atoms with van der Waals surface area (Å²) < 4.78 is 1.36. The van der Waals surface area contributed by atoms with Crippen LogP contribution in [0.5, 0.6) is 0 Å². The second-order valence-electron chi connectivity index (χ2n) is 0.802. The molecule has 0 amide bonds. The molecule has 4 heavy (non-hydrogen) atoms. The molecule has 0 aliphatic rings. The molecule has 0 aliphatic carbocycles. The van der Waals surface area contributed by atoms with Crippen LogP contribution in [0.25, 0.3) is 0 Å². The third-order valence-corrected chi connectivity index (χ3v) is 0. The van der Waals surface area contributed by atoms with Gasteiger partial charge in [0.2, 0.25) is 0 Å². The molecule has 0 aromatic heterocycles. The molecule has 0 saturated carbocycles. The van der Waals surface area contributed by atoms with Crippen molar-refractivity contribution in [3.05, 3.63) is 4.14 Å². The molecule has 0 unspecified atom stereocenters. The van der Waals surface area contributed by atoms with Crippen LogP contribution in [-0.4, -0.2) is 0 Å². The zero-order valence-electron chi connectivity index (χ0n) is 2.80. The van der Waals surface area contributed by atoms with Crippen molar-refractivity contribution in [3.8, 4) is 0 Å². The van der Waals surface area contributed by atoms with Gasteiger partial charge in [0.05, 0.1) is 0 Å². The Morgan fingerprint density at radius 2 is 1.50 bits per heavy atom. The van der Waals surface area contributed by atoms with Crippen molar-refractivity contribution in [2.75, 3.05) is 0 Å². The summed E-state index contributed by atoms with van der Waals surface area (Å²) in [4.78, 5) is 0. The zero-order valence-corrected chi connectivity index (χ0v) is 4.97. The summed E-state index contributed by atoms with van der Waals surface area (Å²) in [5.74, 6) is 0. The second kappa shape index (κ2) is 2.01. The number of rotatable bonds is 0. The minimum atomic E-state index is 1.36. The van der Waals surface area contributed by atoms with E-state index in [1.807, 2.05) is 0 Å². The van der Waals surface area contributed by atoms with E-state index in [-0.39, 0.29) is 0 Å². The van der Waals surface area contributed by atoms with Crippen LogP contribution in [0.1, 0.15) is 13.8 Å². The van der Waals surface area contributed by atoms with Crippen molar-refractivity contribution in [1.82, 2.24) is 0 Å². The summed E-state index contributed by atoms with van der Waals surface area (Å²) in [6.07, 6.45) is 0. The van der Waals surface area contributed by atoms with Crippen LogP contribution >= 0.6 is 0 Å². The molecule has 1 radical (unpaired) electrons. The quantitative estimate of drug-likeness (QED) is 0.555. The normalized spacial score (nSPS) is 9.25. The van der Waals surface area contributed by atoms with Crippen LogP contribution in [0.4, 0.5) is 0 Å². The average Bonchev–Trinajstić information content (AvgIpc) is 0.811. The van der Waals surface area contributed by atoms with E-state index in [1.54, 1.807) is 0 Å². The van der Waals surface area contributed by atoms with Crippen molar-refractivity contribution in [3.63, 3.8) is 0 Å². The van der Waals surface area contributed by atoms with Crippen LogP contribution in [0, 0.1) is 4.14 Å². The van der Waals surface area contributed by atoms with Crippen LogP contribution < -0.4 is 0 Å². The molecule has 1 heteroatoms. The average molecular weight is 239 g/mol. The second-order valence-corrected chi connectivity index (χ2v) is 2.97. The molecule has 0 aliphatic heterocycles. The molecule has 0 nitrogen and oxygen atoms in total. The van der Waals surface area contributed by atoms with E-state index in [9.17, 15) is 0 Å². The van der Waals surface area contributed by atoms with E-state index in [4.69, 9.17) is 0 Å². The van der Waals surface area contributed by atoms with Gasteiger partial charge in [-0.1, -0.05) is 0 Å². The fourth-order valence-corrected chi connectivity index (χ4v) is 0. The van der Waals surface area contributed by atoms with E-state index >= 15 is 0 Å². The van der Waals surface area contributed by atoms with Crippen LogP contribution in [0.15, 0.2) is 0 Å². The Morgan fingerprint density at radius 3 is 1.50 bits per heavy atom. The van der Waals surface area contributed by atoms with Crippen LogP contribution in [0.2, 0.25) is 0 Å². The Balaban J connectivity index is 2.32. The van der Waals surface area contributed by atoms with Gasteiger partial charge >= 0.3 is 39.1 Å². The molecule has 29 valence electrons. The van der Waals surface area contributed by atoms with Crippen molar-refractivity contribution >= 4 is 0 Å². The fourth-order valence-electron chi connectivity index (χ4n) is 0. The van der Waals surface area contributed by atoms with E-state index in [0.29, 0.717) is 0 Å². The van der Waals surface area contributed by atoms with Crippen molar-refractivity contribution in [2.45, 2.75) is 13.8 Å². The van der Waals surface area contributed by atoms with E-state index in [2.05, 4.69) is 34.9 Å². The van der Waals surface area contributed by atoms with Gasteiger partial charge in [0.1, 0.15) is 0 Å². The Morgan fingerprint density at radius 1 is 1.50 bits per heavy atom. The maximum atomic E-state index is 2.41. The van der Waals surface area contributed by atoms with Gasteiger partial charge in [0.15, 0.2) is 0 Å². The van der Waals surface area contributed by atoms with Gasteiger partial charge in [-0.15, -0.1) is 0 Å². The Labute approximate surface area is 39.5 Å². The summed E-state index contributed by atoms with van der Waals surface area (Å²) >= 11 is 2.41. The van der Waals surface area contributed by atoms with E-state index in [1.165, 1.54) is 4.14 Å². The topological polar surface area (TPSA) is 0 Å². The summed E-state index contributed by atoms with van der Waals surface area (Å²) in [5, 5.41) is 0. The fraction of sp³-hybridized carbons (Fsp3) is 0.667. The van der Waals surface area contributed by atoms with Gasteiger partial charge in [0.25, 0.3) is 0 Å². The van der Waals surface area contributed by atoms with Crippen molar-refractivity contribution < 1.29 is 21.1 Å². The molecule has 0 rings (SSSR count). The molecule has 0 bridgehead atoms. The summed E-state index contributed by atoms with van der Waals surface area (Å²) in [6.45, 7) is 4.12. The first-order valence-electron chi connectivity index (χ1n) is 1.15. The number of hydrogen-bond acceptors (Lipinski definition) is 0. The Kier molecular flexibility index (Phi) is 2.38. The summed E-state index contributed by atoms with van der Waals surface area (Å²) in [6, 6.07) is 0. The maximum absolute atomic E-state index is 2.41. The third kappa shape index (κ3) is 15.1. The predicted octanol–water partition coefficient (Wildman–Crippen LogP) is 1.10. The molecule has 0 spiro atoms. The van der Waals surface area contributed by atoms with Gasteiger partial charge in [-0.05, 0) is 0 Å². The molecule has 0 atom stereocenters. The monoisotopic (exact) mass is 239 g/mol. The predicted molar refractivity (Wildman–Crippen MR) is 14.6 cm³/mol. The van der Waals surface area contributed by atoms with E-state index in [0.717, 1.165) is 0 Å². The molecule has 0 fully saturated rings. The van der Waals surface area contributed by atoms with Gasteiger partial charge in [0, 0.05) is 0 Å². The molecule has 0 saturated heterocycles. The minimum absolute atomic E-state index is 1.36. The van der Waals surface area contributed by atoms with Gasteiger partial charge < -0.3 is 0 Å². The molecule has 0 aromatic carbocycles. The zero-order chi connectivity index (χ0) is 3.58. The van der Waals surface area contributed by atoms with Gasteiger partial charge in [-0.2, -0.15) is 0 Å². The molecular formula is C3H6Au. The van der Waals surface area contributed by atoms with E-state index < -0.39 is 0 Å². The summed E-state index contributed by atoms with van der Waals surface area (Å²) in [5.41, 5.74) is 0. The molecule has 0 aromatic rings. The van der Waals surface area contributed by atoms with Gasteiger partial charge in [-0.25, -0.2) is 0 Å².